The Morgan fingerprint density at radius 1 is 1.00 bits per heavy atom. The van der Waals surface area contributed by atoms with Crippen LogP contribution in [0.5, 0.6) is 0 Å². The molecule has 0 unspecified atom stereocenters. The Morgan fingerprint density at radius 3 is 2.77 bits per heavy atom. The number of fused-ring (bicyclic) bond motifs is 1. The van der Waals surface area contributed by atoms with Crippen molar-refractivity contribution in [1.29, 1.82) is 0 Å². The van der Waals surface area contributed by atoms with E-state index in [2.05, 4.69) is 36.4 Å². The zero-order chi connectivity index (χ0) is 8.93. The minimum atomic E-state index is 0.744. The molecule has 0 fully saturated rings. The van der Waals surface area contributed by atoms with Crippen molar-refractivity contribution in [2.45, 2.75) is 19.4 Å². The first-order chi connectivity index (χ1) is 6.47. The number of hydrogen-bond donors (Lipinski definition) is 0. The van der Waals surface area contributed by atoms with Gasteiger partial charge in [0, 0.05) is 0 Å². The average molecular weight is 174 g/mol. The van der Waals surface area contributed by atoms with Crippen molar-refractivity contribution in [3.05, 3.63) is 47.5 Å². The molecule has 0 aromatic heterocycles. The fourth-order valence-electron chi connectivity index (χ4n) is 1.60. The molecule has 68 valence electrons. The summed E-state index contributed by atoms with van der Waals surface area (Å²) in [6.45, 7) is 1.49. The normalized spacial score (nSPS) is 19.4. The summed E-state index contributed by atoms with van der Waals surface area (Å²) in [5.41, 5.74) is 2.76. The van der Waals surface area contributed by atoms with Gasteiger partial charge in [0.2, 0.25) is 0 Å². The largest absolute Gasteiger partial charge is 0.373 e. The molecule has 0 spiro atoms. The van der Waals surface area contributed by atoms with Gasteiger partial charge in [0.15, 0.2) is 0 Å². The minimum Gasteiger partial charge on any atom is -0.373 e. The van der Waals surface area contributed by atoms with Crippen molar-refractivity contribution in [2.24, 2.45) is 0 Å². The van der Waals surface area contributed by atoms with Gasteiger partial charge >= 0.3 is 0 Å². The molecule has 0 radical (unpaired) electrons. The zero-order valence-corrected chi connectivity index (χ0v) is 7.70. The standard InChI is InChI=1S/C12H14O/c1-2-6-11-7-3-4-8-12(11)10-13-9-5-1/h1,3-5,7-8H,2,6,9-10H2/b5-1-. The van der Waals surface area contributed by atoms with Gasteiger partial charge in [0.1, 0.15) is 0 Å². The zero-order valence-electron chi connectivity index (χ0n) is 7.70. The van der Waals surface area contributed by atoms with E-state index in [0.29, 0.717) is 0 Å². The molecule has 1 aromatic carbocycles. The number of hydrogen-bond acceptors (Lipinski definition) is 1. The van der Waals surface area contributed by atoms with Crippen molar-refractivity contribution < 1.29 is 4.74 Å². The van der Waals surface area contributed by atoms with Crippen LogP contribution in [0, 0.1) is 0 Å². The van der Waals surface area contributed by atoms with Crippen LogP contribution in [0.3, 0.4) is 0 Å². The summed E-state index contributed by atoms with van der Waals surface area (Å²) in [5, 5.41) is 0. The quantitative estimate of drug-likeness (QED) is 0.549. The van der Waals surface area contributed by atoms with Gasteiger partial charge in [-0.25, -0.2) is 0 Å². The number of rotatable bonds is 0. The predicted molar refractivity (Wildman–Crippen MR) is 53.6 cm³/mol. The summed E-state index contributed by atoms with van der Waals surface area (Å²) in [6.07, 6.45) is 6.56. The Bertz CT molecular complexity index is 302. The van der Waals surface area contributed by atoms with Crippen LogP contribution in [0.4, 0.5) is 0 Å². The van der Waals surface area contributed by atoms with Crippen LogP contribution in [-0.2, 0) is 17.8 Å². The lowest BCUT2D eigenvalue weighted by Crippen LogP contribution is -1.96. The van der Waals surface area contributed by atoms with Crippen LogP contribution in [-0.4, -0.2) is 6.61 Å². The molecule has 0 bridgehead atoms. The number of ether oxygens (including phenoxy) is 1. The molecule has 1 nitrogen and oxygen atoms in total. The molecule has 0 saturated carbocycles. The molecule has 1 aliphatic heterocycles. The molecule has 1 aromatic rings. The van der Waals surface area contributed by atoms with Gasteiger partial charge in [-0.15, -0.1) is 0 Å². The molecule has 1 heterocycles. The molecule has 0 N–H and O–H groups in total. The van der Waals surface area contributed by atoms with Crippen LogP contribution in [0.25, 0.3) is 0 Å². The first-order valence-corrected chi connectivity index (χ1v) is 4.76. The third-order valence-corrected chi connectivity index (χ3v) is 2.34. The van der Waals surface area contributed by atoms with Gasteiger partial charge in [0.05, 0.1) is 13.2 Å². The smallest absolute Gasteiger partial charge is 0.0723 e. The van der Waals surface area contributed by atoms with Crippen molar-refractivity contribution in [2.75, 3.05) is 6.61 Å². The second-order valence-corrected chi connectivity index (χ2v) is 3.29. The van der Waals surface area contributed by atoms with Gasteiger partial charge in [-0.3, -0.25) is 0 Å². The van der Waals surface area contributed by atoms with E-state index in [0.717, 1.165) is 26.1 Å². The van der Waals surface area contributed by atoms with E-state index in [4.69, 9.17) is 4.74 Å². The second-order valence-electron chi connectivity index (χ2n) is 3.29. The van der Waals surface area contributed by atoms with Crippen LogP contribution in [0.15, 0.2) is 36.4 Å². The van der Waals surface area contributed by atoms with Crippen molar-refractivity contribution >= 4 is 0 Å². The van der Waals surface area contributed by atoms with Gasteiger partial charge < -0.3 is 4.74 Å². The molecule has 0 saturated heterocycles. The third-order valence-electron chi connectivity index (χ3n) is 2.34. The predicted octanol–water partition coefficient (Wildman–Crippen LogP) is 2.71. The van der Waals surface area contributed by atoms with Crippen LogP contribution < -0.4 is 0 Å². The number of benzene rings is 1. The summed E-state index contributed by atoms with van der Waals surface area (Å²) in [5.74, 6) is 0. The van der Waals surface area contributed by atoms with E-state index >= 15 is 0 Å². The fourth-order valence-corrected chi connectivity index (χ4v) is 1.60. The lowest BCUT2D eigenvalue weighted by Gasteiger charge is -2.06. The van der Waals surface area contributed by atoms with Gasteiger partial charge in [-0.05, 0) is 24.0 Å². The Labute approximate surface area is 79.0 Å². The Balaban J connectivity index is 2.22. The highest BCUT2D eigenvalue weighted by molar-refractivity contribution is 5.27. The lowest BCUT2D eigenvalue weighted by atomic mass is 10.0. The SMILES string of the molecule is C1=C\COCc2ccccc2CC/1. The van der Waals surface area contributed by atoms with E-state index in [9.17, 15) is 0 Å². The topological polar surface area (TPSA) is 9.23 Å². The van der Waals surface area contributed by atoms with E-state index in [1.165, 1.54) is 11.1 Å². The summed E-state index contributed by atoms with van der Waals surface area (Å²) < 4.78 is 5.49. The molecule has 1 heteroatoms. The Kier molecular flexibility index (Phi) is 2.78. The highest BCUT2D eigenvalue weighted by Gasteiger charge is 2.01. The molecule has 2 rings (SSSR count). The Hall–Kier alpha value is -1.08. The summed E-state index contributed by atoms with van der Waals surface area (Å²) in [6, 6.07) is 8.52. The van der Waals surface area contributed by atoms with Crippen LogP contribution in [0.2, 0.25) is 0 Å². The van der Waals surface area contributed by atoms with Crippen LogP contribution >= 0.6 is 0 Å². The second kappa shape index (κ2) is 4.24. The fraction of sp³-hybridized carbons (Fsp3) is 0.333. The van der Waals surface area contributed by atoms with Crippen molar-refractivity contribution in [3.63, 3.8) is 0 Å². The van der Waals surface area contributed by atoms with Crippen molar-refractivity contribution in [3.8, 4) is 0 Å². The number of aryl methyl sites for hydroxylation is 1. The van der Waals surface area contributed by atoms with Crippen molar-refractivity contribution in [1.82, 2.24) is 0 Å². The monoisotopic (exact) mass is 174 g/mol. The van der Waals surface area contributed by atoms with E-state index in [1.54, 1.807) is 0 Å². The van der Waals surface area contributed by atoms with Gasteiger partial charge in [0.25, 0.3) is 0 Å². The average Bonchev–Trinajstić information content (AvgIpc) is 2.28. The molecule has 1 aliphatic rings. The number of allylic oxidation sites excluding steroid dienone is 1. The molecule has 0 amide bonds. The van der Waals surface area contributed by atoms with E-state index < -0.39 is 0 Å². The first kappa shape index (κ1) is 8.52. The van der Waals surface area contributed by atoms with Gasteiger partial charge in [-0.1, -0.05) is 36.4 Å². The third kappa shape index (κ3) is 2.19. The summed E-state index contributed by atoms with van der Waals surface area (Å²) in [4.78, 5) is 0. The van der Waals surface area contributed by atoms with E-state index in [-0.39, 0.29) is 0 Å². The molecule has 0 aliphatic carbocycles. The maximum absolute atomic E-state index is 5.49. The highest BCUT2D eigenvalue weighted by Crippen LogP contribution is 2.13. The highest BCUT2D eigenvalue weighted by atomic mass is 16.5. The maximum atomic E-state index is 5.49. The first-order valence-electron chi connectivity index (χ1n) is 4.76. The Morgan fingerprint density at radius 2 is 1.85 bits per heavy atom. The lowest BCUT2D eigenvalue weighted by molar-refractivity contribution is 0.148. The summed E-state index contributed by atoms with van der Waals surface area (Å²) >= 11 is 0. The van der Waals surface area contributed by atoms with Gasteiger partial charge in [-0.2, -0.15) is 0 Å². The molecule has 13 heavy (non-hydrogen) atoms. The minimum absolute atomic E-state index is 0.744. The summed E-state index contributed by atoms with van der Waals surface area (Å²) in [7, 11) is 0. The molecular formula is C12H14O. The van der Waals surface area contributed by atoms with E-state index in [1.807, 2.05) is 0 Å². The molecular weight excluding hydrogens is 160 g/mol. The maximum Gasteiger partial charge on any atom is 0.0723 e. The molecule has 0 atom stereocenters. The van der Waals surface area contributed by atoms with Crippen LogP contribution in [0.1, 0.15) is 17.5 Å².